The Balaban J connectivity index is 0.00000300. The molecule has 0 saturated carbocycles. The summed E-state index contributed by atoms with van der Waals surface area (Å²) in [5.74, 6) is 0.239. The fourth-order valence-corrected chi connectivity index (χ4v) is 3.77. The highest BCUT2D eigenvalue weighted by atomic mass is 127. The van der Waals surface area contributed by atoms with E-state index in [9.17, 15) is 8.78 Å². The highest BCUT2D eigenvalue weighted by molar-refractivity contribution is 14.0. The van der Waals surface area contributed by atoms with Crippen LogP contribution in [-0.2, 0) is 16.7 Å². The lowest BCUT2D eigenvalue weighted by Crippen LogP contribution is -2.48. The van der Waals surface area contributed by atoms with Crippen molar-refractivity contribution in [3.8, 4) is 0 Å². The molecule has 0 aliphatic carbocycles. The maximum atomic E-state index is 13.8. The largest absolute Gasteiger partial charge is 0.381 e. The average molecular weight is 515 g/mol. The van der Waals surface area contributed by atoms with Gasteiger partial charge in [0.05, 0.1) is 0 Å². The minimum atomic E-state index is -0.249. The van der Waals surface area contributed by atoms with E-state index >= 15 is 0 Å². The monoisotopic (exact) mass is 515 g/mol. The van der Waals surface area contributed by atoms with Crippen LogP contribution >= 0.6 is 24.0 Å². The first-order valence-corrected chi connectivity index (χ1v) is 9.52. The Morgan fingerprint density at radius 3 is 2.38 bits per heavy atom. The summed E-state index contributed by atoms with van der Waals surface area (Å²) in [6.07, 6.45) is 1.63. The van der Waals surface area contributed by atoms with Crippen molar-refractivity contribution < 1.29 is 13.5 Å². The molecule has 0 aromatic heterocycles. The number of halogens is 3. The van der Waals surface area contributed by atoms with Crippen molar-refractivity contribution in [2.24, 2.45) is 4.99 Å². The van der Waals surface area contributed by atoms with Gasteiger partial charge in [0, 0.05) is 45.8 Å². The lowest BCUT2D eigenvalue weighted by atomic mass is 9.74. The molecule has 29 heavy (non-hydrogen) atoms. The lowest BCUT2D eigenvalue weighted by molar-refractivity contribution is 0.0511. The molecule has 4 nitrogen and oxygen atoms in total. The fraction of sp³-hybridized carbons (Fsp3) is 0.409. The Morgan fingerprint density at radius 1 is 1.10 bits per heavy atom. The molecule has 0 amide bonds. The van der Waals surface area contributed by atoms with Gasteiger partial charge in [-0.05, 0) is 48.2 Å². The number of nitrogens with zero attached hydrogens (tertiary/aromatic N) is 2. The number of hydrogen-bond donors (Lipinski definition) is 1. The van der Waals surface area contributed by atoms with Crippen LogP contribution in [0.1, 0.15) is 24.0 Å². The molecule has 1 saturated heterocycles. The second kappa shape index (κ2) is 10.9. The van der Waals surface area contributed by atoms with Gasteiger partial charge in [-0.2, -0.15) is 0 Å². The van der Waals surface area contributed by atoms with Crippen LogP contribution in [0.2, 0.25) is 0 Å². The van der Waals surface area contributed by atoms with Gasteiger partial charge in [0.25, 0.3) is 0 Å². The van der Waals surface area contributed by atoms with Gasteiger partial charge in [0.15, 0.2) is 5.96 Å². The average Bonchev–Trinajstić information content (AvgIpc) is 2.69. The molecule has 0 radical (unpaired) electrons. The molecule has 158 valence electrons. The molecule has 1 aliphatic heterocycles. The predicted octanol–water partition coefficient (Wildman–Crippen LogP) is 4.34. The maximum absolute atomic E-state index is 13.8. The number of benzene rings is 2. The maximum Gasteiger partial charge on any atom is 0.193 e. The van der Waals surface area contributed by atoms with Crippen LogP contribution in [0.15, 0.2) is 53.5 Å². The molecule has 1 aliphatic rings. The number of ether oxygens (including phenoxy) is 1. The Morgan fingerprint density at radius 2 is 1.76 bits per heavy atom. The van der Waals surface area contributed by atoms with Gasteiger partial charge in [-0.15, -0.1) is 24.0 Å². The van der Waals surface area contributed by atoms with Gasteiger partial charge < -0.3 is 15.0 Å². The van der Waals surface area contributed by atoms with Crippen molar-refractivity contribution in [2.75, 3.05) is 33.9 Å². The van der Waals surface area contributed by atoms with Crippen LogP contribution in [0.4, 0.5) is 8.78 Å². The van der Waals surface area contributed by atoms with Gasteiger partial charge in [-0.1, -0.05) is 24.3 Å². The van der Waals surface area contributed by atoms with E-state index in [1.54, 1.807) is 25.2 Å². The van der Waals surface area contributed by atoms with Crippen molar-refractivity contribution in [1.29, 1.82) is 0 Å². The fourth-order valence-electron chi connectivity index (χ4n) is 3.77. The summed E-state index contributed by atoms with van der Waals surface area (Å²) in [6.45, 7) is 2.46. The molecule has 7 heteroatoms. The first-order valence-electron chi connectivity index (χ1n) is 9.52. The molecule has 1 heterocycles. The van der Waals surface area contributed by atoms with Gasteiger partial charge in [-0.25, -0.2) is 8.78 Å². The molecular weight excluding hydrogens is 487 g/mol. The van der Waals surface area contributed by atoms with Gasteiger partial charge in [0.1, 0.15) is 11.6 Å². The lowest BCUT2D eigenvalue weighted by Gasteiger charge is -2.39. The zero-order valence-electron chi connectivity index (χ0n) is 16.8. The number of guanidine groups is 1. The first-order chi connectivity index (χ1) is 13.5. The molecule has 1 N–H and O–H groups in total. The first kappa shape index (κ1) is 23.5. The quantitative estimate of drug-likeness (QED) is 0.366. The number of hydrogen-bond acceptors (Lipinski definition) is 2. The summed E-state index contributed by atoms with van der Waals surface area (Å²) >= 11 is 0. The van der Waals surface area contributed by atoms with E-state index in [0.717, 1.165) is 24.0 Å². The summed E-state index contributed by atoms with van der Waals surface area (Å²) < 4.78 is 32.9. The van der Waals surface area contributed by atoms with Gasteiger partial charge in [-0.3, -0.25) is 4.99 Å². The van der Waals surface area contributed by atoms with Gasteiger partial charge in [0.2, 0.25) is 0 Å². The van der Waals surface area contributed by atoms with Crippen molar-refractivity contribution in [3.05, 3.63) is 71.3 Å². The standard InChI is InChI=1S/C22H27F2N3O.HI/c1-25-21(27(2)15-17-5-3-7-19(23)13-17)26-16-22(9-11-28-12-10-22)18-6-4-8-20(24)14-18;/h3-8,13-14H,9-12,15-16H2,1-2H3,(H,25,26);1H. The zero-order valence-corrected chi connectivity index (χ0v) is 19.2. The van der Waals surface area contributed by atoms with Crippen LogP contribution < -0.4 is 5.32 Å². The van der Waals surface area contributed by atoms with Crippen molar-refractivity contribution in [3.63, 3.8) is 0 Å². The third-order valence-corrected chi connectivity index (χ3v) is 5.35. The van der Waals surface area contributed by atoms with Crippen LogP contribution in [-0.4, -0.2) is 44.7 Å². The van der Waals surface area contributed by atoms with Crippen molar-refractivity contribution >= 4 is 29.9 Å². The second-order valence-corrected chi connectivity index (χ2v) is 7.29. The Bertz CT molecular complexity index is 825. The highest BCUT2D eigenvalue weighted by Crippen LogP contribution is 2.34. The Labute approximate surface area is 188 Å². The van der Waals surface area contributed by atoms with E-state index in [2.05, 4.69) is 10.3 Å². The summed E-state index contributed by atoms with van der Waals surface area (Å²) in [4.78, 5) is 6.32. The molecule has 1 fully saturated rings. The number of nitrogens with one attached hydrogen (secondary N) is 1. The normalized spacial score (nSPS) is 16.1. The molecule has 0 spiro atoms. The summed E-state index contributed by atoms with van der Waals surface area (Å²) in [7, 11) is 3.64. The van der Waals surface area contributed by atoms with E-state index < -0.39 is 0 Å². The van der Waals surface area contributed by atoms with Crippen molar-refractivity contribution in [2.45, 2.75) is 24.8 Å². The Hall–Kier alpha value is -1.74. The molecule has 0 unspecified atom stereocenters. The summed E-state index contributed by atoms with van der Waals surface area (Å²) in [5, 5.41) is 3.44. The number of rotatable bonds is 5. The van der Waals surface area contributed by atoms with Gasteiger partial charge >= 0.3 is 0 Å². The topological polar surface area (TPSA) is 36.9 Å². The zero-order chi connectivity index (χ0) is 20.0. The molecule has 3 rings (SSSR count). The molecule has 0 bridgehead atoms. The predicted molar refractivity (Wildman–Crippen MR) is 123 cm³/mol. The minimum Gasteiger partial charge on any atom is -0.381 e. The summed E-state index contributed by atoms with van der Waals surface area (Å²) in [6, 6.07) is 13.4. The highest BCUT2D eigenvalue weighted by Gasteiger charge is 2.35. The van der Waals surface area contributed by atoms with E-state index in [1.165, 1.54) is 18.2 Å². The van der Waals surface area contributed by atoms with E-state index in [-0.39, 0.29) is 41.0 Å². The van der Waals surface area contributed by atoms with E-state index in [4.69, 9.17) is 4.74 Å². The van der Waals surface area contributed by atoms with E-state index in [0.29, 0.717) is 32.3 Å². The van der Waals surface area contributed by atoms with Crippen LogP contribution in [0.3, 0.4) is 0 Å². The van der Waals surface area contributed by atoms with Crippen LogP contribution in [0.25, 0.3) is 0 Å². The molecule has 0 atom stereocenters. The third-order valence-electron chi connectivity index (χ3n) is 5.35. The number of aliphatic imine (C=N–C) groups is 1. The minimum absolute atomic E-state index is 0. The van der Waals surface area contributed by atoms with Crippen molar-refractivity contribution in [1.82, 2.24) is 10.2 Å². The molecule has 2 aromatic carbocycles. The van der Waals surface area contributed by atoms with Crippen LogP contribution in [0, 0.1) is 11.6 Å². The smallest absolute Gasteiger partial charge is 0.193 e. The van der Waals surface area contributed by atoms with E-state index in [1.807, 2.05) is 24.1 Å². The molecule has 2 aromatic rings. The molecular formula is C22H28F2IN3O. The van der Waals surface area contributed by atoms with Crippen LogP contribution in [0.5, 0.6) is 0 Å². The third kappa shape index (κ3) is 6.12. The SMILES string of the molecule is CN=C(NCC1(c2cccc(F)c2)CCOCC1)N(C)Cc1cccc(F)c1.I. The second-order valence-electron chi connectivity index (χ2n) is 7.29. The Kier molecular flexibility index (Phi) is 8.82. The summed E-state index contributed by atoms with van der Waals surface area (Å²) in [5.41, 5.74) is 1.64.